The van der Waals surface area contributed by atoms with Gasteiger partial charge in [-0.1, -0.05) is 66.7 Å². The van der Waals surface area contributed by atoms with Crippen molar-refractivity contribution in [2.24, 2.45) is 0 Å². The van der Waals surface area contributed by atoms with E-state index in [9.17, 15) is 18.5 Å². The van der Waals surface area contributed by atoms with Gasteiger partial charge >= 0.3 is 7.12 Å². The Hall–Kier alpha value is -3.33. The van der Waals surface area contributed by atoms with Crippen molar-refractivity contribution in [1.29, 1.82) is 0 Å². The monoisotopic (exact) mass is 516 g/mol. The lowest BCUT2D eigenvalue weighted by atomic mass is 9.74. The summed E-state index contributed by atoms with van der Waals surface area (Å²) in [5.41, 5.74) is 4.35. The van der Waals surface area contributed by atoms with Crippen molar-refractivity contribution in [2.75, 3.05) is 12.4 Å². The van der Waals surface area contributed by atoms with Gasteiger partial charge in [0, 0.05) is 6.32 Å². The molecule has 3 aromatic carbocycles. The van der Waals surface area contributed by atoms with Gasteiger partial charge in [-0.2, -0.15) is 0 Å². The molecule has 8 heteroatoms. The maximum Gasteiger partial charge on any atom is 0.456 e. The number of phenolic OH excluding ortho intramolecular Hbond substituents is 1. The number of allylic oxidation sites excluding steroid dienone is 1. The molecule has 3 aromatic rings. The van der Waals surface area contributed by atoms with Crippen LogP contribution in [0.5, 0.6) is 11.5 Å². The van der Waals surface area contributed by atoms with Crippen LogP contribution < -0.4 is 4.74 Å². The highest BCUT2D eigenvalue weighted by atomic mass is 32.2. The van der Waals surface area contributed by atoms with Gasteiger partial charge in [0.1, 0.15) is 18.1 Å². The van der Waals surface area contributed by atoms with Crippen molar-refractivity contribution in [3.63, 3.8) is 0 Å². The summed E-state index contributed by atoms with van der Waals surface area (Å²) < 4.78 is 37.9. The van der Waals surface area contributed by atoms with Gasteiger partial charge in [0.25, 0.3) is 0 Å². The van der Waals surface area contributed by atoms with Crippen molar-refractivity contribution >= 4 is 28.6 Å². The fraction of sp³-hybridized carbons (Fsp3) is 0.241. The SMILES string of the molecule is O=S1(=O)CC(COc2ccccc2)=C2[C@@H](CC/C(=C/c3cccc(O)c3)c3ccccc3)OB(O)C[C@@H]21. The molecule has 0 amide bonds. The van der Waals surface area contributed by atoms with Crippen LogP contribution in [-0.4, -0.2) is 49.4 Å². The Morgan fingerprint density at radius 1 is 1.03 bits per heavy atom. The number of sulfone groups is 1. The summed E-state index contributed by atoms with van der Waals surface area (Å²) in [6.07, 6.45) is 2.59. The molecular weight excluding hydrogens is 487 g/mol. The molecule has 190 valence electrons. The summed E-state index contributed by atoms with van der Waals surface area (Å²) in [7, 11) is -4.59. The molecule has 0 bridgehead atoms. The molecule has 0 unspecified atom stereocenters. The highest BCUT2D eigenvalue weighted by Gasteiger charge is 2.48. The normalized spacial score (nSPS) is 21.1. The van der Waals surface area contributed by atoms with E-state index in [1.54, 1.807) is 18.2 Å². The van der Waals surface area contributed by atoms with E-state index in [1.807, 2.05) is 72.8 Å². The average Bonchev–Trinajstić information content (AvgIpc) is 3.16. The summed E-state index contributed by atoms with van der Waals surface area (Å²) >= 11 is 0. The third-order valence-electron chi connectivity index (χ3n) is 6.84. The molecule has 0 radical (unpaired) electrons. The first-order chi connectivity index (χ1) is 17.9. The van der Waals surface area contributed by atoms with E-state index >= 15 is 0 Å². The first kappa shape index (κ1) is 25.3. The quantitative estimate of drug-likeness (QED) is 0.255. The number of hydrogen-bond donors (Lipinski definition) is 2. The molecule has 1 saturated heterocycles. The number of para-hydroxylation sites is 1. The molecule has 37 heavy (non-hydrogen) atoms. The molecule has 5 rings (SSSR count). The van der Waals surface area contributed by atoms with E-state index in [0.717, 1.165) is 22.3 Å². The number of fused-ring (bicyclic) bond motifs is 1. The molecule has 0 aliphatic carbocycles. The number of phenols is 1. The maximum absolute atomic E-state index is 13.0. The van der Waals surface area contributed by atoms with Gasteiger partial charge in [-0.3, -0.25) is 0 Å². The smallest absolute Gasteiger partial charge is 0.456 e. The van der Waals surface area contributed by atoms with Crippen molar-refractivity contribution < 1.29 is 27.9 Å². The minimum absolute atomic E-state index is 0.0354. The Morgan fingerprint density at radius 3 is 2.49 bits per heavy atom. The fourth-order valence-corrected chi connectivity index (χ4v) is 7.25. The molecule has 0 aromatic heterocycles. The molecule has 0 saturated carbocycles. The van der Waals surface area contributed by atoms with Gasteiger partial charge < -0.3 is 19.5 Å². The number of hydrogen-bond acceptors (Lipinski definition) is 6. The minimum Gasteiger partial charge on any atom is -0.508 e. The van der Waals surface area contributed by atoms with E-state index in [4.69, 9.17) is 9.39 Å². The second-order valence-corrected chi connectivity index (χ2v) is 11.6. The Kier molecular flexibility index (Phi) is 7.51. The standard InChI is InChI=1S/C29H29BO6S/c31-25-11-7-8-21(17-25)16-23(22-9-3-1-4-10-22)14-15-27-29-24(19-35-26-12-5-2-6-13-26)20-37(33,34)28(29)18-30(32)36-27/h1-13,16-17,27-28,31-32H,14-15,18-20H2/b23-16-/t27-,28+/m1/s1. The molecule has 1 fully saturated rings. The van der Waals surface area contributed by atoms with Gasteiger partial charge in [0.05, 0.1) is 17.1 Å². The second kappa shape index (κ2) is 11.0. The highest BCUT2D eigenvalue weighted by Crippen LogP contribution is 2.40. The molecule has 2 heterocycles. The Bertz CT molecular complexity index is 1400. The molecular formula is C29H29BO6S. The summed E-state index contributed by atoms with van der Waals surface area (Å²) in [6, 6.07) is 26.3. The van der Waals surface area contributed by atoms with Gasteiger partial charge in [-0.05, 0) is 65.0 Å². The first-order valence-electron chi connectivity index (χ1n) is 12.4. The van der Waals surface area contributed by atoms with Crippen LogP contribution in [0.2, 0.25) is 6.32 Å². The van der Waals surface area contributed by atoms with Crippen LogP contribution in [0.1, 0.15) is 24.0 Å². The highest BCUT2D eigenvalue weighted by molar-refractivity contribution is 7.92. The fourth-order valence-electron chi connectivity index (χ4n) is 5.15. The van der Waals surface area contributed by atoms with E-state index < -0.39 is 28.3 Å². The van der Waals surface area contributed by atoms with E-state index in [2.05, 4.69) is 0 Å². The second-order valence-electron chi connectivity index (χ2n) is 9.44. The number of aromatic hydroxyl groups is 1. The van der Waals surface area contributed by atoms with Crippen molar-refractivity contribution in [2.45, 2.75) is 30.5 Å². The third kappa shape index (κ3) is 5.98. The van der Waals surface area contributed by atoms with Gasteiger partial charge in [0.2, 0.25) is 0 Å². The van der Waals surface area contributed by atoms with Crippen LogP contribution in [0, 0.1) is 0 Å². The van der Waals surface area contributed by atoms with Crippen LogP contribution in [0.4, 0.5) is 0 Å². The predicted molar refractivity (Wildman–Crippen MR) is 146 cm³/mol. The first-order valence-corrected chi connectivity index (χ1v) is 14.1. The summed E-state index contributed by atoms with van der Waals surface area (Å²) in [5, 5.41) is 19.6. The number of benzene rings is 3. The lowest BCUT2D eigenvalue weighted by Gasteiger charge is -2.32. The molecule has 6 nitrogen and oxygen atoms in total. The summed E-state index contributed by atoms with van der Waals surface area (Å²) in [5.74, 6) is 0.772. The summed E-state index contributed by atoms with van der Waals surface area (Å²) in [6.45, 7) is 0.162. The van der Waals surface area contributed by atoms with Crippen LogP contribution in [0.25, 0.3) is 11.6 Å². The van der Waals surface area contributed by atoms with Crippen molar-refractivity contribution in [1.82, 2.24) is 0 Å². The molecule has 0 spiro atoms. The van der Waals surface area contributed by atoms with Crippen LogP contribution in [-0.2, 0) is 14.5 Å². The maximum atomic E-state index is 13.0. The van der Waals surface area contributed by atoms with Crippen LogP contribution in [0.15, 0.2) is 96.1 Å². The number of rotatable bonds is 8. The summed E-state index contributed by atoms with van der Waals surface area (Å²) in [4.78, 5) is 0. The Labute approximate surface area is 218 Å². The minimum atomic E-state index is -3.45. The lowest BCUT2D eigenvalue weighted by Crippen LogP contribution is -2.42. The van der Waals surface area contributed by atoms with Gasteiger partial charge in [-0.25, -0.2) is 8.42 Å². The van der Waals surface area contributed by atoms with Gasteiger partial charge in [0.15, 0.2) is 9.84 Å². The van der Waals surface area contributed by atoms with Crippen molar-refractivity contribution in [3.05, 3.63) is 107 Å². The Morgan fingerprint density at radius 2 is 1.76 bits per heavy atom. The number of ether oxygens (including phenoxy) is 1. The zero-order valence-electron chi connectivity index (χ0n) is 20.4. The van der Waals surface area contributed by atoms with Crippen LogP contribution in [0.3, 0.4) is 0 Å². The topological polar surface area (TPSA) is 93.1 Å². The third-order valence-corrected chi connectivity index (χ3v) is 8.90. The molecule has 2 atom stereocenters. The van der Waals surface area contributed by atoms with Crippen molar-refractivity contribution in [3.8, 4) is 11.5 Å². The van der Waals surface area contributed by atoms with E-state index in [1.165, 1.54) is 0 Å². The zero-order chi connectivity index (χ0) is 25.8. The van der Waals surface area contributed by atoms with E-state index in [-0.39, 0.29) is 24.4 Å². The van der Waals surface area contributed by atoms with Gasteiger partial charge in [-0.15, -0.1) is 0 Å². The van der Waals surface area contributed by atoms with Crippen LogP contribution >= 0.6 is 0 Å². The predicted octanol–water partition coefficient (Wildman–Crippen LogP) is 4.76. The molecule has 2 aliphatic heterocycles. The zero-order valence-corrected chi connectivity index (χ0v) is 21.2. The largest absolute Gasteiger partial charge is 0.508 e. The van der Waals surface area contributed by atoms with E-state index in [0.29, 0.717) is 24.2 Å². The molecule has 2 N–H and O–H groups in total. The molecule has 2 aliphatic rings. The Balaban J connectivity index is 1.43. The average molecular weight is 516 g/mol. The lowest BCUT2D eigenvalue weighted by molar-refractivity contribution is 0.170.